The fourth-order valence-corrected chi connectivity index (χ4v) is 5.39. The summed E-state index contributed by atoms with van der Waals surface area (Å²) in [6.45, 7) is 3.97. The summed E-state index contributed by atoms with van der Waals surface area (Å²) < 4.78 is 46.2. The lowest BCUT2D eigenvalue weighted by molar-refractivity contribution is 0.112. The first-order valence-electron chi connectivity index (χ1n) is 11.6. The van der Waals surface area contributed by atoms with E-state index in [1.807, 2.05) is 48.5 Å². The summed E-state index contributed by atoms with van der Waals surface area (Å²) in [6.07, 6.45) is 0. The van der Waals surface area contributed by atoms with Crippen LogP contribution < -0.4 is 18.9 Å². The van der Waals surface area contributed by atoms with Gasteiger partial charge in [0.25, 0.3) is 0 Å². The highest BCUT2D eigenvalue weighted by atomic mass is 32.2. The molecule has 0 spiro atoms. The number of rotatable bonds is 8. The highest BCUT2D eigenvalue weighted by Gasteiger charge is 2.28. The molecule has 3 aromatic rings. The SMILES string of the molecule is CN1CCN(C(CNS(=O)(=O)c2cccc(Oc3ccccc3)c2)c2ccc3c(c2)OCO3)CC1. The minimum atomic E-state index is -3.76. The Hall–Kier alpha value is -3.11. The monoisotopic (exact) mass is 495 g/mol. The van der Waals surface area contributed by atoms with E-state index in [2.05, 4.69) is 21.6 Å². The fraction of sp³-hybridized carbons (Fsp3) is 0.308. The number of sulfonamides is 1. The zero-order valence-corrected chi connectivity index (χ0v) is 20.4. The number of benzene rings is 3. The van der Waals surface area contributed by atoms with Gasteiger partial charge < -0.3 is 19.1 Å². The predicted octanol–water partition coefficient (Wildman–Crippen LogP) is 3.47. The Morgan fingerprint density at radius 1 is 0.886 bits per heavy atom. The number of fused-ring (bicyclic) bond motifs is 1. The van der Waals surface area contributed by atoms with Gasteiger partial charge >= 0.3 is 0 Å². The van der Waals surface area contributed by atoms with Crippen LogP contribution in [0.25, 0.3) is 0 Å². The second-order valence-corrected chi connectivity index (χ2v) is 10.5. The Morgan fingerprint density at radius 2 is 1.63 bits per heavy atom. The van der Waals surface area contributed by atoms with Crippen LogP contribution in [-0.2, 0) is 10.0 Å². The number of piperazine rings is 1. The van der Waals surface area contributed by atoms with E-state index in [9.17, 15) is 8.42 Å². The van der Waals surface area contributed by atoms with E-state index in [4.69, 9.17) is 14.2 Å². The van der Waals surface area contributed by atoms with Gasteiger partial charge in [0.1, 0.15) is 11.5 Å². The maximum Gasteiger partial charge on any atom is 0.240 e. The Bertz CT molecular complexity index is 1260. The van der Waals surface area contributed by atoms with Gasteiger partial charge in [-0.1, -0.05) is 30.3 Å². The van der Waals surface area contributed by atoms with E-state index in [0.29, 0.717) is 23.0 Å². The summed E-state index contributed by atoms with van der Waals surface area (Å²) in [7, 11) is -1.66. The van der Waals surface area contributed by atoms with E-state index in [1.54, 1.807) is 24.3 Å². The van der Waals surface area contributed by atoms with Gasteiger partial charge in [-0.05, 0) is 49.0 Å². The van der Waals surface area contributed by atoms with E-state index < -0.39 is 10.0 Å². The van der Waals surface area contributed by atoms with Gasteiger partial charge in [0.2, 0.25) is 16.8 Å². The second kappa shape index (κ2) is 10.2. The molecule has 2 aliphatic rings. The minimum Gasteiger partial charge on any atom is -0.457 e. The molecule has 0 bridgehead atoms. The standard InChI is InChI=1S/C26H29N3O5S/c1-28-12-14-29(15-13-28)24(20-10-11-25-26(16-20)33-19-32-25)18-27-35(30,31)23-9-5-8-22(17-23)34-21-6-3-2-4-7-21/h2-11,16-17,24,27H,12-15,18-19H2,1H3. The molecule has 1 N–H and O–H groups in total. The molecule has 9 heteroatoms. The molecule has 0 saturated carbocycles. The number of nitrogens with zero attached hydrogens (tertiary/aromatic N) is 2. The van der Waals surface area contributed by atoms with Crippen LogP contribution in [-0.4, -0.2) is 64.8 Å². The van der Waals surface area contributed by atoms with Crippen LogP contribution in [0.3, 0.4) is 0 Å². The van der Waals surface area contributed by atoms with Gasteiger partial charge in [0, 0.05) is 44.8 Å². The van der Waals surface area contributed by atoms with Crippen LogP contribution in [0.5, 0.6) is 23.0 Å². The Labute approximate surface area is 206 Å². The molecular weight excluding hydrogens is 466 g/mol. The van der Waals surface area contributed by atoms with E-state index in [0.717, 1.165) is 31.7 Å². The maximum absolute atomic E-state index is 13.3. The van der Waals surface area contributed by atoms with Crippen LogP contribution in [0.2, 0.25) is 0 Å². The molecular formula is C26H29N3O5S. The van der Waals surface area contributed by atoms with Crippen LogP contribution in [0.15, 0.2) is 77.7 Å². The molecule has 0 amide bonds. The first-order valence-corrected chi connectivity index (χ1v) is 13.1. The number of hydrogen-bond acceptors (Lipinski definition) is 7. The molecule has 0 aromatic heterocycles. The van der Waals surface area contributed by atoms with Crippen molar-refractivity contribution in [3.63, 3.8) is 0 Å². The van der Waals surface area contributed by atoms with Crippen molar-refractivity contribution in [3.8, 4) is 23.0 Å². The number of likely N-dealkylation sites (N-methyl/N-ethyl adjacent to an activating group) is 1. The largest absolute Gasteiger partial charge is 0.457 e. The lowest BCUT2D eigenvalue weighted by atomic mass is 10.0. The van der Waals surface area contributed by atoms with Gasteiger partial charge in [0.15, 0.2) is 11.5 Å². The van der Waals surface area contributed by atoms with Gasteiger partial charge in [-0.25, -0.2) is 13.1 Å². The van der Waals surface area contributed by atoms with Crippen molar-refractivity contribution in [2.75, 3.05) is 46.6 Å². The van der Waals surface area contributed by atoms with Crippen LogP contribution in [0.1, 0.15) is 11.6 Å². The highest BCUT2D eigenvalue weighted by molar-refractivity contribution is 7.89. The summed E-state index contributed by atoms with van der Waals surface area (Å²) in [5.41, 5.74) is 0.989. The van der Waals surface area contributed by atoms with Gasteiger partial charge in [-0.3, -0.25) is 4.90 Å². The molecule has 1 saturated heterocycles. The number of nitrogens with one attached hydrogen (secondary N) is 1. The Balaban J connectivity index is 1.34. The van der Waals surface area contributed by atoms with Gasteiger partial charge in [-0.2, -0.15) is 0 Å². The average Bonchev–Trinajstić information content (AvgIpc) is 3.34. The van der Waals surface area contributed by atoms with E-state index in [1.165, 1.54) is 0 Å². The van der Waals surface area contributed by atoms with Crippen molar-refractivity contribution in [2.45, 2.75) is 10.9 Å². The van der Waals surface area contributed by atoms with Crippen molar-refractivity contribution in [3.05, 3.63) is 78.4 Å². The van der Waals surface area contributed by atoms with Gasteiger partial charge in [0.05, 0.1) is 4.90 Å². The van der Waals surface area contributed by atoms with Crippen molar-refractivity contribution in [1.29, 1.82) is 0 Å². The molecule has 3 aromatic carbocycles. The van der Waals surface area contributed by atoms with Crippen LogP contribution in [0, 0.1) is 0 Å². The molecule has 2 heterocycles. The molecule has 2 aliphatic heterocycles. The van der Waals surface area contributed by atoms with Crippen molar-refractivity contribution < 1.29 is 22.6 Å². The molecule has 0 radical (unpaired) electrons. The molecule has 1 unspecified atom stereocenters. The third-order valence-corrected chi connectivity index (χ3v) is 7.74. The summed E-state index contributed by atoms with van der Waals surface area (Å²) in [5.74, 6) is 2.51. The molecule has 5 rings (SSSR count). The second-order valence-electron chi connectivity index (χ2n) is 8.71. The molecule has 8 nitrogen and oxygen atoms in total. The smallest absolute Gasteiger partial charge is 0.240 e. The summed E-state index contributed by atoms with van der Waals surface area (Å²) in [5, 5.41) is 0. The number of para-hydroxylation sites is 1. The van der Waals surface area contributed by atoms with Crippen molar-refractivity contribution in [2.24, 2.45) is 0 Å². The van der Waals surface area contributed by atoms with Crippen molar-refractivity contribution >= 4 is 10.0 Å². The highest BCUT2D eigenvalue weighted by Crippen LogP contribution is 2.35. The fourth-order valence-electron chi connectivity index (χ4n) is 4.31. The Kier molecular flexibility index (Phi) is 6.92. The van der Waals surface area contributed by atoms with Crippen molar-refractivity contribution in [1.82, 2.24) is 14.5 Å². The predicted molar refractivity (Wildman–Crippen MR) is 133 cm³/mol. The summed E-state index contributed by atoms with van der Waals surface area (Å²) in [4.78, 5) is 4.75. The molecule has 35 heavy (non-hydrogen) atoms. The first-order chi connectivity index (χ1) is 17.0. The minimum absolute atomic E-state index is 0.142. The number of hydrogen-bond donors (Lipinski definition) is 1. The third-order valence-electron chi connectivity index (χ3n) is 6.32. The normalized spacial score (nSPS) is 17.3. The zero-order valence-electron chi connectivity index (χ0n) is 19.6. The van der Waals surface area contributed by atoms with E-state index >= 15 is 0 Å². The van der Waals surface area contributed by atoms with Crippen LogP contribution in [0.4, 0.5) is 0 Å². The molecule has 0 aliphatic carbocycles. The molecule has 1 atom stereocenters. The topological polar surface area (TPSA) is 80.3 Å². The third kappa shape index (κ3) is 5.59. The summed E-state index contributed by atoms with van der Waals surface area (Å²) >= 11 is 0. The maximum atomic E-state index is 13.3. The zero-order chi connectivity index (χ0) is 24.3. The average molecular weight is 496 g/mol. The molecule has 1 fully saturated rings. The van der Waals surface area contributed by atoms with E-state index in [-0.39, 0.29) is 24.3 Å². The van der Waals surface area contributed by atoms with Crippen LogP contribution >= 0.6 is 0 Å². The van der Waals surface area contributed by atoms with Gasteiger partial charge in [-0.15, -0.1) is 0 Å². The number of ether oxygens (including phenoxy) is 3. The molecule has 184 valence electrons. The first kappa shape index (κ1) is 23.6. The lowest BCUT2D eigenvalue weighted by Gasteiger charge is -2.38. The Morgan fingerprint density at radius 3 is 2.43 bits per heavy atom. The quantitative estimate of drug-likeness (QED) is 0.513. The lowest BCUT2D eigenvalue weighted by Crippen LogP contribution is -2.48. The summed E-state index contributed by atoms with van der Waals surface area (Å²) in [6, 6.07) is 21.5.